The van der Waals surface area contributed by atoms with Gasteiger partial charge in [0.25, 0.3) is 5.91 Å². The molecule has 0 bridgehead atoms. The first-order chi connectivity index (χ1) is 13.3. The van der Waals surface area contributed by atoms with Gasteiger partial charge in [-0.25, -0.2) is 4.79 Å². The predicted octanol–water partition coefficient (Wildman–Crippen LogP) is 3.20. The van der Waals surface area contributed by atoms with Crippen LogP contribution in [0.5, 0.6) is 17.2 Å². The molecule has 0 aliphatic heterocycles. The number of methoxy groups -OCH3 is 3. The second-order valence-electron chi connectivity index (χ2n) is 7.34. The number of esters is 1. The van der Waals surface area contributed by atoms with E-state index in [1.54, 1.807) is 13.0 Å². The lowest BCUT2D eigenvalue weighted by molar-refractivity contribution is -0.130. The van der Waals surface area contributed by atoms with Crippen molar-refractivity contribution in [2.24, 2.45) is 11.8 Å². The highest BCUT2D eigenvalue weighted by Gasteiger charge is 2.30. The van der Waals surface area contributed by atoms with Crippen LogP contribution < -0.4 is 19.5 Å². The molecule has 1 amide bonds. The maximum absolute atomic E-state index is 12.6. The SMILES string of the molecule is COc1cc(OC)c(C(=O)O[C@H](C)C(=O)N[C@@H]2CCC[C@@H](C)[C@H]2C)cc1OC. The van der Waals surface area contributed by atoms with Crippen molar-refractivity contribution in [1.29, 1.82) is 0 Å². The molecule has 28 heavy (non-hydrogen) atoms. The average molecular weight is 393 g/mol. The number of amides is 1. The Labute approximate surface area is 166 Å². The van der Waals surface area contributed by atoms with Crippen LogP contribution in [0.1, 0.15) is 50.4 Å². The third-order valence-electron chi connectivity index (χ3n) is 5.61. The fourth-order valence-electron chi connectivity index (χ4n) is 3.55. The summed E-state index contributed by atoms with van der Waals surface area (Å²) in [5.74, 6) is 1.09. The molecule has 0 saturated heterocycles. The van der Waals surface area contributed by atoms with Crippen molar-refractivity contribution >= 4 is 11.9 Å². The number of benzene rings is 1. The second-order valence-corrected chi connectivity index (χ2v) is 7.34. The zero-order chi connectivity index (χ0) is 20.8. The summed E-state index contributed by atoms with van der Waals surface area (Å²) in [6, 6.07) is 3.13. The van der Waals surface area contributed by atoms with Crippen molar-refractivity contribution < 1.29 is 28.5 Å². The predicted molar refractivity (Wildman–Crippen MR) is 105 cm³/mol. The van der Waals surface area contributed by atoms with E-state index in [1.165, 1.54) is 33.8 Å². The van der Waals surface area contributed by atoms with Gasteiger partial charge in [-0.1, -0.05) is 26.7 Å². The van der Waals surface area contributed by atoms with Gasteiger partial charge in [0.2, 0.25) is 0 Å². The van der Waals surface area contributed by atoms with Crippen LogP contribution in [0.2, 0.25) is 0 Å². The van der Waals surface area contributed by atoms with Gasteiger partial charge in [0.05, 0.1) is 21.3 Å². The Balaban J connectivity index is 2.08. The minimum atomic E-state index is -0.922. The lowest BCUT2D eigenvalue weighted by Gasteiger charge is -2.35. The molecule has 7 heteroatoms. The van der Waals surface area contributed by atoms with Gasteiger partial charge in [-0.05, 0) is 25.2 Å². The van der Waals surface area contributed by atoms with E-state index < -0.39 is 12.1 Å². The molecule has 1 aromatic rings. The van der Waals surface area contributed by atoms with Crippen LogP contribution in [0.4, 0.5) is 0 Å². The molecule has 156 valence electrons. The van der Waals surface area contributed by atoms with E-state index >= 15 is 0 Å². The Bertz CT molecular complexity index is 704. The van der Waals surface area contributed by atoms with Crippen molar-refractivity contribution in [3.63, 3.8) is 0 Å². The van der Waals surface area contributed by atoms with Crippen molar-refractivity contribution in [2.75, 3.05) is 21.3 Å². The van der Waals surface area contributed by atoms with Gasteiger partial charge in [-0.15, -0.1) is 0 Å². The third-order valence-corrected chi connectivity index (χ3v) is 5.61. The number of ether oxygens (including phenoxy) is 4. The zero-order valence-electron chi connectivity index (χ0n) is 17.5. The monoisotopic (exact) mass is 393 g/mol. The maximum Gasteiger partial charge on any atom is 0.342 e. The quantitative estimate of drug-likeness (QED) is 0.717. The molecule has 1 aromatic carbocycles. The molecule has 4 atom stereocenters. The highest BCUT2D eigenvalue weighted by atomic mass is 16.6. The topological polar surface area (TPSA) is 83.1 Å². The lowest BCUT2D eigenvalue weighted by Crippen LogP contribution is -2.47. The lowest BCUT2D eigenvalue weighted by atomic mass is 9.78. The fourth-order valence-corrected chi connectivity index (χ4v) is 3.55. The molecule has 1 aliphatic carbocycles. The molecule has 2 rings (SSSR count). The van der Waals surface area contributed by atoms with Gasteiger partial charge < -0.3 is 24.3 Å². The van der Waals surface area contributed by atoms with E-state index in [9.17, 15) is 9.59 Å². The largest absolute Gasteiger partial charge is 0.496 e. The summed E-state index contributed by atoms with van der Waals surface area (Å²) in [4.78, 5) is 25.2. The number of carbonyl (C=O) groups is 2. The molecular weight excluding hydrogens is 362 g/mol. The molecule has 1 aliphatic rings. The highest BCUT2D eigenvalue weighted by Crippen LogP contribution is 2.35. The van der Waals surface area contributed by atoms with Crippen LogP contribution in [0, 0.1) is 11.8 Å². The van der Waals surface area contributed by atoms with Crippen LogP contribution in [-0.2, 0) is 9.53 Å². The van der Waals surface area contributed by atoms with E-state index in [4.69, 9.17) is 18.9 Å². The van der Waals surface area contributed by atoms with Crippen molar-refractivity contribution in [3.8, 4) is 17.2 Å². The summed E-state index contributed by atoms with van der Waals surface area (Å²) < 4.78 is 21.1. The molecule has 0 aromatic heterocycles. The molecule has 0 unspecified atom stereocenters. The summed E-state index contributed by atoms with van der Waals surface area (Å²) in [5.41, 5.74) is 0.166. The van der Waals surface area contributed by atoms with Crippen molar-refractivity contribution in [3.05, 3.63) is 17.7 Å². The molecular formula is C21H31NO6. The summed E-state index contributed by atoms with van der Waals surface area (Å²) in [6.07, 6.45) is 2.29. The van der Waals surface area contributed by atoms with E-state index in [0.29, 0.717) is 23.3 Å². The van der Waals surface area contributed by atoms with E-state index in [0.717, 1.165) is 12.8 Å². The van der Waals surface area contributed by atoms with Crippen molar-refractivity contribution in [1.82, 2.24) is 5.32 Å². The van der Waals surface area contributed by atoms with Crippen LogP contribution >= 0.6 is 0 Å². The van der Waals surface area contributed by atoms with Gasteiger partial charge >= 0.3 is 5.97 Å². The zero-order valence-corrected chi connectivity index (χ0v) is 17.5. The fraction of sp³-hybridized carbons (Fsp3) is 0.619. The molecule has 1 fully saturated rings. The number of rotatable bonds is 7. The first kappa shape index (κ1) is 21.9. The molecule has 7 nitrogen and oxygen atoms in total. The smallest absolute Gasteiger partial charge is 0.342 e. The van der Waals surface area contributed by atoms with Gasteiger partial charge in [-0.3, -0.25) is 4.79 Å². The number of nitrogens with one attached hydrogen (secondary N) is 1. The molecule has 0 radical (unpaired) electrons. The summed E-state index contributed by atoms with van der Waals surface area (Å²) in [7, 11) is 4.41. The van der Waals surface area contributed by atoms with E-state index in [2.05, 4.69) is 19.2 Å². The Morgan fingerprint density at radius 2 is 1.61 bits per heavy atom. The van der Waals surface area contributed by atoms with Crippen molar-refractivity contribution in [2.45, 2.75) is 52.2 Å². The summed E-state index contributed by atoms with van der Waals surface area (Å²) >= 11 is 0. The van der Waals surface area contributed by atoms with Crippen LogP contribution in [0.25, 0.3) is 0 Å². The molecule has 1 saturated carbocycles. The van der Waals surface area contributed by atoms with E-state index in [1.807, 2.05) is 0 Å². The minimum Gasteiger partial charge on any atom is -0.496 e. The Morgan fingerprint density at radius 1 is 1.00 bits per heavy atom. The van der Waals surface area contributed by atoms with Gasteiger partial charge in [0, 0.05) is 18.2 Å². The third kappa shape index (κ3) is 4.88. The average Bonchev–Trinajstić information content (AvgIpc) is 2.69. The number of carbonyl (C=O) groups excluding carboxylic acids is 2. The first-order valence-corrected chi connectivity index (χ1v) is 9.63. The standard InChI is InChI=1S/C21H31NO6/c1-12-8-7-9-16(13(12)2)22-20(23)14(3)28-21(24)15-10-18(26-5)19(27-6)11-17(15)25-4/h10-14,16H,7-9H2,1-6H3,(H,22,23)/t12-,13-,14-,16-/m1/s1. The summed E-state index contributed by atoms with van der Waals surface area (Å²) in [6.45, 7) is 5.92. The second kappa shape index (κ2) is 9.66. The minimum absolute atomic E-state index is 0.105. The molecule has 0 spiro atoms. The van der Waals surface area contributed by atoms with Gasteiger partial charge in [-0.2, -0.15) is 0 Å². The highest BCUT2D eigenvalue weighted by molar-refractivity contribution is 5.95. The molecule has 1 N–H and O–H groups in total. The number of hydrogen-bond donors (Lipinski definition) is 1. The summed E-state index contributed by atoms with van der Waals surface area (Å²) in [5, 5.41) is 3.03. The molecule has 0 heterocycles. The Kier molecular flexibility index (Phi) is 7.54. The Morgan fingerprint density at radius 3 is 2.21 bits per heavy atom. The van der Waals surface area contributed by atoms with E-state index in [-0.39, 0.29) is 23.3 Å². The van der Waals surface area contributed by atoms with Gasteiger partial charge in [0.1, 0.15) is 11.3 Å². The number of hydrogen-bond acceptors (Lipinski definition) is 6. The van der Waals surface area contributed by atoms with Crippen LogP contribution in [0.3, 0.4) is 0 Å². The Hall–Kier alpha value is -2.44. The maximum atomic E-state index is 12.6. The van der Waals surface area contributed by atoms with Crippen LogP contribution in [-0.4, -0.2) is 45.4 Å². The van der Waals surface area contributed by atoms with Gasteiger partial charge in [0.15, 0.2) is 17.6 Å². The van der Waals surface area contributed by atoms with Crippen LogP contribution in [0.15, 0.2) is 12.1 Å². The normalized spacial score (nSPS) is 22.7. The first-order valence-electron chi connectivity index (χ1n) is 9.63.